The number of hydrogen-bond acceptors (Lipinski definition) is 4. The number of carbonyl (C=O) groups is 1. The van der Waals surface area contributed by atoms with Crippen LogP contribution < -0.4 is 9.80 Å². The maximum Gasteiger partial charge on any atom is 0.155 e. The number of nitrogens with zero attached hydrogens (tertiary/aromatic N) is 2. The van der Waals surface area contributed by atoms with Crippen LogP contribution in [0.3, 0.4) is 0 Å². The summed E-state index contributed by atoms with van der Waals surface area (Å²) in [7, 11) is 4.08. The first-order chi connectivity index (χ1) is 11.4. The highest BCUT2D eigenvalue weighted by Gasteiger charge is 2.26. The van der Waals surface area contributed by atoms with Gasteiger partial charge in [-0.25, -0.2) is 0 Å². The minimum absolute atomic E-state index is 0.0760. The lowest BCUT2D eigenvalue weighted by Crippen LogP contribution is -2.18. The van der Waals surface area contributed by atoms with Gasteiger partial charge in [-0.15, -0.1) is 0 Å². The number of rotatable bonds is 4. The molecular formula is C20H22N2OS. The molecule has 0 aliphatic carbocycles. The largest absolute Gasteiger partial charge is 0.378 e. The molecule has 0 unspecified atom stereocenters. The fraction of sp³-hybridized carbons (Fsp3) is 0.250. The van der Waals surface area contributed by atoms with Crippen molar-refractivity contribution in [3.63, 3.8) is 0 Å². The van der Waals surface area contributed by atoms with Gasteiger partial charge in [-0.3, -0.25) is 4.79 Å². The maximum absolute atomic E-state index is 11.6. The number of benzene rings is 2. The third-order valence-electron chi connectivity index (χ3n) is 4.02. The van der Waals surface area contributed by atoms with Gasteiger partial charge in [0.2, 0.25) is 0 Å². The molecule has 4 heteroatoms. The summed E-state index contributed by atoms with van der Waals surface area (Å²) in [6.07, 6.45) is 1.73. The molecule has 0 N–H and O–H groups in total. The third-order valence-corrected chi connectivity index (χ3v) is 5.13. The lowest BCUT2D eigenvalue weighted by Gasteiger charge is -2.22. The quantitative estimate of drug-likeness (QED) is 0.760. The normalized spacial score (nSPS) is 14.8. The molecule has 1 aliphatic rings. The van der Waals surface area contributed by atoms with Gasteiger partial charge < -0.3 is 9.80 Å². The van der Waals surface area contributed by atoms with E-state index in [4.69, 9.17) is 0 Å². The molecule has 24 heavy (non-hydrogen) atoms. The van der Waals surface area contributed by atoms with Gasteiger partial charge in [0.15, 0.2) is 5.78 Å². The van der Waals surface area contributed by atoms with E-state index in [9.17, 15) is 4.79 Å². The molecule has 0 aromatic heterocycles. The first-order valence-corrected chi connectivity index (χ1v) is 8.80. The molecule has 3 rings (SSSR count). The number of aryl methyl sites for hydroxylation is 1. The molecule has 0 amide bonds. The predicted octanol–water partition coefficient (Wildman–Crippen LogP) is 4.60. The molecule has 0 saturated heterocycles. The van der Waals surface area contributed by atoms with Crippen LogP contribution in [0, 0.1) is 6.92 Å². The van der Waals surface area contributed by atoms with Gasteiger partial charge in [0.1, 0.15) is 0 Å². The van der Waals surface area contributed by atoms with E-state index in [1.54, 1.807) is 24.8 Å². The average Bonchev–Trinajstić information content (AvgIpc) is 2.85. The van der Waals surface area contributed by atoms with E-state index in [0.29, 0.717) is 0 Å². The van der Waals surface area contributed by atoms with Crippen LogP contribution in [0.5, 0.6) is 0 Å². The van der Waals surface area contributed by atoms with Crippen molar-refractivity contribution in [2.45, 2.75) is 25.3 Å². The Morgan fingerprint density at radius 2 is 1.88 bits per heavy atom. The summed E-state index contributed by atoms with van der Waals surface area (Å²) in [6, 6.07) is 15.0. The highest BCUT2D eigenvalue weighted by Crippen LogP contribution is 2.47. The highest BCUT2D eigenvalue weighted by atomic mass is 32.2. The molecule has 1 aliphatic heterocycles. The molecular weight excluding hydrogens is 316 g/mol. The Balaban J connectivity index is 2.00. The van der Waals surface area contributed by atoms with E-state index >= 15 is 0 Å². The lowest BCUT2D eigenvalue weighted by atomic mass is 10.1. The van der Waals surface area contributed by atoms with Crippen molar-refractivity contribution in [3.8, 4) is 0 Å². The maximum atomic E-state index is 11.6. The minimum Gasteiger partial charge on any atom is -0.378 e. The zero-order valence-electron chi connectivity index (χ0n) is 14.5. The van der Waals surface area contributed by atoms with E-state index in [0.717, 1.165) is 17.3 Å². The summed E-state index contributed by atoms with van der Waals surface area (Å²) in [5, 5.41) is 0.994. The van der Waals surface area contributed by atoms with Crippen LogP contribution in [0.15, 0.2) is 58.5 Å². The van der Waals surface area contributed by atoms with Crippen LogP contribution in [0.1, 0.15) is 18.1 Å². The smallest absolute Gasteiger partial charge is 0.155 e. The molecule has 2 aromatic rings. The van der Waals surface area contributed by atoms with Crippen molar-refractivity contribution >= 4 is 28.9 Å². The summed E-state index contributed by atoms with van der Waals surface area (Å²) >= 11 is 1.66. The second-order valence-corrected chi connectivity index (χ2v) is 7.38. The molecule has 124 valence electrons. The molecule has 0 saturated carbocycles. The molecule has 3 nitrogen and oxygen atoms in total. The number of ketones is 1. The van der Waals surface area contributed by atoms with Crippen molar-refractivity contribution in [2.75, 3.05) is 23.9 Å². The molecule has 0 bridgehead atoms. The van der Waals surface area contributed by atoms with Gasteiger partial charge in [0.25, 0.3) is 0 Å². The van der Waals surface area contributed by atoms with Crippen molar-refractivity contribution in [2.24, 2.45) is 0 Å². The average molecular weight is 338 g/mol. The third kappa shape index (κ3) is 3.49. The summed E-state index contributed by atoms with van der Waals surface area (Å²) in [5.74, 6) is 0.0760. The zero-order chi connectivity index (χ0) is 17.3. The van der Waals surface area contributed by atoms with E-state index in [2.05, 4.69) is 59.2 Å². The summed E-state index contributed by atoms with van der Waals surface area (Å²) in [6.45, 7) is 4.46. The van der Waals surface area contributed by atoms with Crippen LogP contribution in [-0.4, -0.2) is 19.9 Å². The molecule has 0 radical (unpaired) electrons. The number of hydrogen-bond donors (Lipinski definition) is 0. The minimum atomic E-state index is 0.0760. The second kappa shape index (κ2) is 6.73. The standard InChI is InChI=1S/C20H22N2OS/c1-14-5-7-16(8-6-14)13-22-18-12-17(21(3)4)9-10-19(18)24-20(22)11-15(2)23/h5-12H,13H2,1-4H3/b20-11-. The Kier molecular flexibility index (Phi) is 4.67. The van der Waals surface area contributed by atoms with E-state index in [1.165, 1.54) is 21.7 Å². The van der Waals surface area contributed by atoms with Crippen LogP contribution in [-0.2, 0) is 11.3 Å². The second-order valence-electron chi connectivity index (χ2n) is 6.31. The molecule has 2 aromatic carbocycles. The van der Waals surface area contributed by atoms with Gasteiger partial charge in [0, 0.05) is 37.3 Å². The van der Waals surface area contributed by atoms with Gasteiger partial charge >= 0.3 is 0 Å². The van der Waals surface area contributed by atoms with Gasteiger partial charge in [-0.05, 0) is 37.6 Å². The van der Waals surface area contributed by atoms with Crippen molar-refractivity contribution in [1.82, 2.24) is 0 Å². The van der Waals surface area contributed by atoms with Gasteiger partial charge in [-0.1, -0.05) is 41.6 Å². The Bertz CT molecular complexity index is 794. The molecule has 0 atom stereocenters. The Morgan fingerprint density at radius 3 is 2.50 bits per heavy atom. The number of fused-ring (bicyclic) bond motifs is 1. The van der Waals surface area contributed by atoms with E-state index < -0.39 is 0 Å². The van der Waals surface area contributed by atoms with Gasteiger partial charge in [0.05, 0.1) is 10.7 Å². The summed E-state index contributed by atoms with van der Waals surface area (Å²) < 4.78 is 0. The fourth-order valence-corrected chi connectivity index (χ4v) is 3.82. The number of allylic oxidation sites excluding steroid dienone is 1. The number of thioether (sulfide) groups is 1. The van der Waals surface area contributed by atoms with Gasteiger partial charge in [-0.2, -0.15) is 0 Å². The van der Waals surface area contributed by atoms with Crippen LogP contribution in [0.25, 0.3) is 0 Å². The number of anilines is 2. The number of carbonyl (C=O) groups excluding carboxylic acids is 1. The molecule has 0 fully saturated rings. The Morgan fingerprint density at radius 1 is 1.17 bits per heavy atom. The van der Waals surface area contributed by atoms with Crippen LogP contribution in [0.2, 0.25) is 0 Å². The monoisotopic (exact) mass is 338 g/mol. The summed E-state index contributed by atoms with van der Waals surface area (Å²) in [4.78, 5) is 17.2. The fourth-order valence-electron chi connectivity index (χ4n) is 2.69. The highest BCUT2D eigenvalue weighted by molar-refractivity contribution is 8.03. The van der Waals surface area contributed by atoms with Crippen LogP contribution in [0.4, 0.5) is 11.4 Å². The Labute approximate surface area is 148 Å². The Hall–Kier alpha value is -2.20. The first kappa shape index (κ1) is 16.7. The van der Waals surface area contributed by atoms with Crippen molar-refractivity contribution in [1.29, 1.82) is 0 Å². The molecule has 0 spiro atoms. The van der Waals surface area contributed by atoms with Crippen LogP contribution >= 0.6 is 11.8 Å². The first-order valence-electron chi connectivity index (χ1n) is 7.98. The topological polar surface area (TPSA) is 23.6 Å². The SMILES string of the molecule is CC(=O)/C=C1\Sc2ccc(N(C)C)cc2N1Cc1ccc(C)cc1. The van der Waals surface area contributed by atoms with E-state index in [1.807, 2.05) is 14.1 Å². The van der Waals surface area contributed by atoms with E-state index in [-0.39, 0.29) is 5.78 Å². The predicted molar refractivity (Wildman–Crippen MR) is 103 cm³/mol. The summed E-state index contributed by atoms with van der Waals surface area (Å²) in [5.41, 5.74) is 4.81. The van der Waals surface area contributed by atoms with Crippen molar-refractivity contribution < 1.29 is 4.79 Å². The molecule has 1 heterocycles. The zero-order valence-corrected chi connectivity index (χ0v) is 15.4. The van der Waals surface area contributed by atoms with Crippen molar-refractivity contribution in [3.05, 3.63) is 64.7 Å². The lowest BCUT2D eigenvalue weighted by molar-refractivity contribution is -0.112.